The zero-order chi connectivity index (χ0) is 17.4. The first-order valence-electron chi connectivity index (χ1n) is 6.82. The van der Waals surface area contributed by atoms with E-state index >= 15 is 0 Å². The van der Waals surface area contributed by atoms with Crippen molar-refractivity contribution in [1.82, 2.24) is 10.9 Å². The standard InChI is InChI=1S/C16H14N4O3S/c1-23-12-8-6-11(7-9-12)18-16(24)20-19-15(22)13-4-2-3-5-14(13)17-10-21/h2-9H,1H3,(H,19,22)(H2,18,20,24). The van der Waals surface area contributed by atoms with Crippen LogP contribution in [0.15, 0.2) is 53.5 Å². The number of hydrazine groups is 1. The van der Waals surface area contributed by atoms with Crippen LogP contribution in [-0.2, 0) is 4.79 Å². The summed E-state index contributed by atoms with van der Waals surface area (Å²) in [5.74, 6) is 0.239. The van der Waals surface area contributed by atoms with E-state index in [1.54, 1.807) is 43.5 Å². The van der Waals surface area contributed by atoms with Gasteiger partial charge in [0.25, 0.3) is 5.91 Å². The normalized spacial score (nSPS) is 9.38. The quantitative estimate of drug-likeness (QED) is 0.342. The number of carbonyl (C=O) groups is 1. The summed E-state index contributed by atoms with van der Waals surface area (Å²) in [7, 11) is 1.58. The molecule has 2 aromatic rings. The number of benzene rings is 2. The van der Waals surface area contributed by atoms with E-state index in [-0.39, 0.29) is 16.4 Å². The molecule has 1 amide bonds. The van der Waals surface area contributed by atoms with Gasteiger partial charge in [-0.15, -0.1) is 0 Å². The van der Waals surface area contributed by atoms with Crippen LogP contribution in [0.25, 0.3) is 0 Å². The molecular weight excluding hydrogens is 328 g/mol. The smallest absolute Gasteiger partial charge is 0.271 e. The molecule has 0 atom stereocenters. The molecule has 0 bridgehead atoms. The molecule has 7 nitrogen and oxygen atoms in total. The summed E-state index contributed by atoms with van der Waals surface area (Å²) >= 11 is 5.10. The number of isocyanates is 1. The average Bonchev–Trinajstić information content (AvgIpc) is 2.61. The minimum absolute atomic E-state index is 0.199. The lowest BCUT2D eigenvalue weighted by atomic mass is 10.2. The van der Waals surface area contributed by atoms with Gasteiger partial charge in [0.1, 0.15) is 5.75 Å². The topological polar surface area (TPSA) is 91.8 Å². The Labute approximate surface area is 143 Å². The van der Waals surface area contributed by atoms with Crippen molar-refractivity contribution in [2.24, 2.45) is 4.99 Å². The van der Waals surface area contributed by atoms with Crippen molar-refractivity contribution in [3.05, 3.63) is 54.1 Å². The van der Waals surface area contributed by atoms with E-state index in [2.05, 4.69) is 21.2 Å². The maximum Gasteiger partial charge on any atom is 0.271 e. The molecule has 0 saturated heterocycles. The molecule has 0 unspecified atom stereocenters. The maximum absolute atomic E-state index is 12.1. The molecule has 0 saturated carbocycles. The van der Waals surface area contributed by atoms with Crippen molar-refractivity contribution < 1.29 is 14.3 Å². The number of ether oxygens (including phenoxy) is 1. The number of rotatable bonds is 4. The molecule has 0 aliphatic carbocycles. The Morgan fingerprint density at radius 3 is 2.50 bits per heavy atom. The first-order valence-corrected chi connectivity index (χ1v) is 7.23. The summed E-state index contributed by atoms with van der Waals surface area (Å²) in [6.45, 7) is 0. The summed E-state index contributed by atoms with van der Waals surface area (Å²) in [4.78, 5) is 26.0. The highest BCUT2D eigenvalue weighted by Crippen LogP contribution is 2.17. The predicted octanol–water partition coefficient (Wildman–Crippen LogP) is 2.29. The first-order chi connectivity index (χ1) is 11.6. The number of nitrogens with one attached hydrogen (secondary N) is 3. The fourth-order valence-corrected chi connectivity index (χ4v) is 2.00. The number of hydrogen-bond acceptors (Lipinski definition) is 5. The highest BCUT2D eigenvalue weighted by atomic mass is 32.1. The van der Waals surface area contributed by atoms with Crippen LogP contribution in [0.2, 0.25) is 0 Å². The van der Waals surface area contributed by atoms with Crippen LogP contribution in [-0.4, -0.2) is 24.2 Å². The van der Waals surface area contributed by atoms with Gasteiger partial charge in [0.2, 0.25) is 6.08 Å². The first kappa shape index (κ1) is 17.1. The van der Waals surface area contributed by atoms with Gasteiger partial charge in [-0.05, 0) is 48.6 Å². The minimum Gasteiger partial charge on any atom is -0.497 e. The van der Waals surface area contributed by atoms with E-state index in [0.717, 1.165) is 11.4 Å². The summed E-state index contributed by atoms with van der Waals surface area (Å²) in [6.07, 6.45) is 1.41. The fraction of sp³-hybridized carbons (Fsp3) is 0.0625. The largest absolute Gasteiger partial charge is 0.497 e. The van der Waals surface area contributed by atoms with Gasteiger partial charge in [-0.3, -0.25) is 15.6 Å². The molecule has 0 aliphatic heterocycles. The van der Waals surface area contributed by atoms with Crippen molar-refractivity contribution in [3.8, 4) is 5.75 Å². The molecule has 3 N–H and O–H groups in total. The van der Waals surface area contributed by atoms with Gasteiger partial charge in [-0.25, -0.2) is 4.79 Å². The Bertz CT molecular complexity index is 786. The lowest BCUT2D eigenvalue weighted by Gasteiger charge is -2.12. The fourth-order valence-electron chi connectivity index (χ4n) is 1.83. The third kappa shape index (κ3) is 4.64. The van der Waals surface area contributed by atoms with E-state index in [4.69, 9.17) is 17.0 Å². The van der Waals surface area contributed by atoms with Crippen LogP contribution in [0.3, 0.4) is 0 Å². The molecule has 122 valence electrons. The Morgan fingerprint density at radius 1 is 1.12 bits per heavy atom. The average molecular weight is 342 g/mol. The molecule has 0 aliphatic rings. The van der Waals surface area contributed by atoms with Crippen LogP contribution in [0.5, 0.6) is 5.75 Å². The molecule has 0 heterocycles. The second-order valence-electron chi connectivity index (χ2n) is 4.48. The lowest BCUT2D eigenvalue weighted by Crippen LogP contribution is -2.43. The maximum atomic E-state index is 12.1. The SMILES string of the molecule is COc1ccc(NC(=S)NNC(=O)c2ccccc2N=C=O)cc1. The van der Waals surface area contributed by atoms with E-state index in [1.807, 2.05) is 0 Å². The van der Waals surface area contributed by atoms with E-state index in [0.29, 0.717) is 0 Å². The third-order valence-corrected chi connectivity index (χ3v) is 3.16. The van der Waals surface area contributed by atoms with Gasteiger partial charge >= 0.3 is 0 Å². The van der Waals surface area contributed by atoms with Gasteiger partial charge in [-0.2, -0.15) is 4.99 Å². The summed E-state index contributed by atoms with van der Waals surface area (Å²) < 4.78 is 5.06. The van der Waals surface area contributed by atoms with E-state index in [9.17, 15) is 9.59 Å². The van der Waals surface area contributed by atoms with Crippen molar-refractivity contribution in [2.75, 3.05) is 12.4 Å². The second kappa shape index (κ2) is 8.42. The van der Waals surface area contributed by atoms with E-state index in [1.165, 1.54) is 18.2 Å². The van der Waals surface area contributed by atoms with E-state index < -0.39 is 5.91 Å². The highest BCUT2D eigenvalue weighted by molar-refractivity contribution is 7.80. The number of nitrogens with zero attached hydrogens (tertiary/aromatic N) is 1. The predicted molar refractivity (Wildman–Crippen MR) is 94.0 cm³/mol. The molecule has 0 fully saturated rings. The number of thiocarbonyl (C=S) groups is 1. The Hall–Kier alpha value is -3.22. The number of methoxy groups -OCH3 is 1. The zero-order valence-corrected chi connectivity index (χ0v) is 13.5. The zero-order valence-electron chi connectivity index (χ0n) is 12.7. The van der Waals surface area contributed by atoms with Gasteiger partial charge in [0.15, 0.2) is 5.11 Å². The van der Waals surface area contributed by atoms with Gasteiger partial charge in [-0.1, -0.05) is 12.1 Å². The van der Waals surface area contributed by atoms with Crippen molar-refractivity contribution in [3.63, 3.8) is 0 Å². The number of aliphatic imine (C=N–C) groups is 1. The minimum atomic E-state index is -0.483. The van der Waals surface area contributed by atoms with Crippen molar-refractivity contribution >= 4 is 40.7 Å². The van der Waals surface area contributed by atoms with Gasteiger partial charge in [0, 0.05) is 5.69 Å². The van der Waals surface area contributed by atoms with Crippen LogP contribution < -0.4 is 20.9 Å². The molecular formula is C16H14N4O3S. The highest BCUT2D eigenvalue weighted by Gasteiger charge is 2.10. The Morgan fingerprint density at radius 2 is 1.83 bits per heavy atom. The third-order valence-electron chi connectivity index (χ3n) is 2.95. The van der Waals surface area contributed by atoms with Gasteiger partial charge < -0.3 is 10.1 Å². The van der Waals surface area contributed by atoms with Crippen LogP contribution in [0.4, 0.5) is 11.4 Å². The number of hydrogen-bond donors (Lipinski definition) is 3. The molecule has 0 radical (unpaired) electrons. The van der Waals surface area contributed by atoms with Crippen LogP contribution in [0, 0.1) is 0 Å². The summed E-state index contributed by atoms with van der Waals surface area (Å²) in [5.41, 5.74) is 6.19. The molecule has 24 heavy (non-hydrogen) atoms. The van der Waals surface area contributed by atoms with Crippen LogP contribution >= 0.6 is 12.2 Å². The van der Waals surface area contributed by atoms with Crippen molar-refractivity contribution in [1.29, 1.82) is 0 Å². The Kier molecular flexibility index (Phi) is 6.01. The monoisotopic (exact) mass is 342 g/mol. The van der Waals surface area contributed by atoms with Crippen LogP contribution in [0.1, 0.15) is 10.4 Å². The van der Waals surface area contributed by atoms with Crippen molar-refractivity contribution in [2.45, 2.75) is 0 Å². The number of anilines is 1. The summed E-state index contributed by atoms with van der Waals surface area (Å²) in [5, 5.41) is 3.10. The Balaban J connectivity index is 1.93. The lowest BCUT2D eigenvalue weighted by molar-refractivity contribution is 0.0945. The molecule has 2 aromatic carbocycles. The number of carbonyl (C=O) groups excluding carboxylic acids is 2. The molecule has 8 heteroatoms. The number of para-hydroxylation sites is 1. The molecule has 2 rings (SSSR count). The molecule has 0 aromatic heterocycles. The van der Waals surface area contributed by atoms with Gasteiger partial charge in [0.05, 0.1) is 18.4 Å². The number of amides is 1. The second-order valence-corrected chi connectivity index (χ2v) is 4.89. The summed E-state index contributed by atoms with van der Waals surface area (Å²) in [6, 6.07) is 13.5. The molecule has 0 spiro atoms.